The fourth-order valence-electron chi connectivity index (χ4n) is 2.11. The highest BCUT2D eigenvalue weighted by Gasteiger charge is 2.05. The fraction of sp³-hybridized carbons (Fsp3) is 0.0588. The second-order valence-electron chi connectivity index (χ2n) is 4.82. The van der Waals surface area contributed by atoms with Gasteiger partial charge in [-0.1, -0.05) is 30.3 Å². The van der Waals surface area contributed by atoms with Crippen molar-refractivity contribution in [2.24, 2.45) is 0 Å². The van der Waals surface area contributed by atoms with Crippen LogP contribution in [0.3, 0.4) is 0 Å². The number of imidazole rings is 1. The molecule has 0 spiro atoms. The second-order valence-corrected chi connectivity index (χ2v) is 4.82. The maximum atomic E-state index is 11.8. The van der Waals surface area contributed by atoms with Crippen molar-refractivity contribution in [2.75, 3.05) is 0 Å². The molecule has 0 saturated heterocycles. The van der Waals surface area contributed by atoms with Crippen LogP contribution in [0.2, 0.25) is 0 Å². The predicted octanol–water partition coefficient (Wildman–Crippen LogP) is 2.37. The first-order valence-electron chi connectivity index (χ1n) is 6.89. The Kier molecular flexibility index (Phi) is 3.87. The van der Waals surface area contributed by atoms with Crippen LogP contribution < -0.4 is 5.32 Å². The number of hydrogen-bond acceptors (Lipinski definition) is 3. The number of amides is 1. The van der Waals surface area contributed by atoms with Gasteiger partial charge < -0.3 is 14.8 Å². The van der Waals surface area contributed by atoms with Crippen molar-refractivity contribution in [2.45, 2.75) is 6.54 Å². The molecule has 0 unspecified atom stereocenters. The number of carbonyl (C=O) groups is 1. The Morgan fingerprint density at radius 1 is 1.23 bits per heavy atom. The van der Waals surface area contributed by atoms with Gasteiger partial charge in [0.25, 0.3) is 0 Å². The van der Waals surface area contributed by atoms with E-state index in [0.29, 0.717) is 17.9 Å². The summed E-state index contributed by atoms with van der Waals surface area (Å²) in [5, 5.41) is 12.5. The van der Waals surface area contributed by atoms with E-state index in [9.17, 15) is 9.90 Å². The lowest BCUT2D eigenvalue weighted by Gasteiger charge is -1.98. The third kappa shape index (κ3) is 3.15. The summed E-state index contributed by atoms with van der Waals surface area (Å²) < 4.78 is 1.72. The van der Waals surface area contributed by atoms with E-state index in [0.717, 1.165) is 5.56 Å². The highest BCUT2D eigenvalue weighted by molar-refractivity contribution is 5.91. The normalized spacial score (nSPS) is 11.1. The second kappa shape index (κ2) is 6.13. The Bertz CT molecular complexity index is 822. The van der Waals surface area contributed by atoms with Gasteiger partial charge in [0, 0.05) is 18.5 Å². The van der Waals surface area contributed by atoms with Crippen LogP contribution in [-0.4, -0.2) is 20.4 Å². The molecule has 1 amide bonds. The van der Waals surface area contributed by atoms with Gasteiger partial charge in [-0.15, -0.1) is 0 Å². The summed E-state index contributed by atoms with van der Waals surface area (Å²) in [5.41, 5.74) is 2.13. The third-order valence-corrected chi connectivity index (χ3v) is 3.18. The molecule has 1 aromatic carbocycles. The van der Waals surface area contributed by atoms with Crippen molar-refractivity contribution in [3.05, 3.63) is 72.2 Å². The first-order chi connectivity index (χ1) is 10.7. The van der Waals surface area contributed by atoms with E-state index >= 15 is 0 Å². The first kappa shape index (κ1) is 13.9. The van der Waals surface area contributed by atoms with Crippen LogP contribution in [-0.2, 0) is 11.3 Å². The number of fused-ring (bicyclic) bond motifs is 1. The van der Waals surface area contributed by atoms with E-state index in [2.05, 4.69) is 10.3 Å². The number of benzene rings is 1. The van der Waals surface area contributed by atoms with Gasteiger partial charge in [-0.25, -0.2) is 4.98 Å². The summed E-state index contributed by atoms with van der Waals surface area (Å²) >= 11 is 0. The number of aromatic nitrogens is 2. The molecule has 5 heteroatoms. The molecule has 0 saturated carbocycles. The summed E-state index contributed by atoms with van der Waals surface area (Å²) in [6.45, 7) is 0.305. The molecule has 3 rings (SSSR count). The molecule has 2 aromatic heterocycles. The lowest BCUT2D eigenvalue weighted by molar-refractivity contribution is -0.116. The molecule has 110 valence electrons. The van der Waals surface area contributed by atoms with Gasteiger partial charge in [-0.05, 0) is 23.8 Å². The summed E-state index contributed by atoms with van der Waals surface area (Å²) in [5.74, 6) is -0.0748. The average Bonchev–Trinajstić information content (AvgIpc) is 2.96. The van der Waals surface area contributed by atoms with Gasteiger partial charge in [-0.3, -0.25) is 4.79 Å². The summed E-state index contributed by atoms with van der Waals surface area (Å²) in [6.07, 6.45) is 6.81. The molecular formula is C17H15N3O2. The van der Waals surface area contributed by atoms with Gasteiger partial charge in [0.15, 0.2) is 11.4 Å². The molecular weight excluding hydrogens is 278 g/mol. The summed E-state index contributed by atoms with van der Waals surface area (Å²) in [4.78, 5) is 16.1. The number of hydrogen-bond donors (Lipinski definition) is 2. The van der Waals surface area contributed by atoms with Crippen molar-refractivity contribution in [3.8, 4) is 5.75 Å². The molecule has 0 aliphatic carbocycles. The van der Waals surface area contributed by atoms with E-state index in [-0.39, 0.29) is 11.7 Å². The number of pyridine rings is 1. The van der Waals surface area contributed by atoms with E-state index in [1.807, 2.05) is 30.3 Å². The Balaban J connectivity index is 1.62. The van der Waals surface area contributed by atoms with Crippen molar-refractivity contribution < 1.29 is 9.90 Å². The zero-order valence-corrected chi connectivity index (χ0v) is 11.8. The Hall–Kier alpha value is -3.08. The van der Waals surface area contributed by atoms with Crippen LogP contribution in [0.4, 0.5) is 0 Å². The van der Waals surface area contributed by atoms with Crippen molar-refractivity contribution >= 4 is 17.6 Å². The standard InChI is InChI=1S/C17H15N3O2/c21-15-7-4-10-20-12-14(19-17(15)20)11-18-16(22)9-8-13-5-2-1-3-6-13/h1-10,12,21H,11H2,(H,18,22)/b9-8+. The average molecular weight is 293 g/mol. The first-order valence-corrected chi connectivity index (χ1v) is 6.89. The maximum Gasteiger partial charge on any atom is 0.244 e. The van der Waals surface area contributed by atoms with Crippen molar-refractivity contribution in [1.82, 2.24) is 14.7 Å². The Labute approximate surface area is 127 Å². The molecule has 0 aliphatic rings. The molecule has 2 N–H and O–H groups in total. The van der Waals surface area contributed by atoms with Gasteiger partial charge in [0.1, 0.15) is 0 Å². The molecule has 5 nitrogen and oxygen atoms in total. The van der Waals surface area contributed by atoms with E-state index in [4.69, 9.17) is 0 Å². The number of carbonyl (C=O) groups excluding carboxylic acids is 1. The fourth-order valence-corrected chi connectivity index (χ4v) is 2.11. The van der Waals surface area contributed by atoms with Crippen LogP contribution in [0.25, 0.3) is 11.7 Å². The predicted molar refractivity (Wildman–Crippen MR) is 84.2 cm³/mol. The molecule has 2 heterocycles. The zero-order valence-electron chi connectivity index (χ0n) is 11.8. The van der Waals surface area contributed by atoms with Crippen LogP contribution in [0, 0.1) is 0 Å². The smallest absolute Gasteiger partial charge is 0.244 e. The highest BCUT2D eigenvalue weighted by atomic mass is 16.3. The molecule has 0 atom stereocenters. The molecule has 22 heavy (non-hydrogen) atoms. The lowest BCUT2D eigenvalue weighted by atomic mass is 10.2. The van der Waals surface area contributed by atoms with Crippen LogP contribution in [0.1, 0.15) is 11.3 Å². The third-order valence-electron chi connectivity index (χ3n) is 3.18. The lowest BCUT2D eigenvalue weighted by Crippen LogP contribution is -2.20. The molecule has 3 aromatic rings. The van der Waals surface area contributed by atoms with Gasteiger partial charge in [0.05, 0.1) is 12.2 Å². The zero-order chi connectivity index (χ0) is 15.4. The van der Waals surface area contributed by atoms with Crippen LogP contribution in [0.15, 0.2) is 60.9 Å². The minimum Gasteiger partial charge on any atom is -0.504 e. The molecule has 0 aliphatic heterocycles. The topological polar surface area (TPSA) is 66.6 Å². The van der Waals surface area contributed by atoms with Crippen LogP contribution in [0.5, 0.6) is 5.75 Å². The van der Waals surface area contributed by atoms with Crippen molar-refractivity contribution in [1.29, 1.82) is 0 Å². The van der Waals surface area contributed by atoms with E-state index in [1.54, 1.807) is 35.0 Å². The molecule has 0 radical (unpaired) electrons. The monoisotopic (exact) mass is 293 g/mol. The van der Waals surface area contributed by atoms with E-state index < -0.39 is 0 Å². The highest BCUT2D eigenvalue weighted by Crippen LogP contribution is 2.16. The summed E-state index contributed by atoms with van der Waals surface area (Å²) in [7, 11) is 0. The number of nitrogens with one attached hydrogen (secondary N) is 1. The number of rotatable bonds is 4. The van der Waals surface area contributed by atoms with Gasteiger partial charge in [0.2, 0.25) is 5.91 Å². The van der Waals surface area contributed by atoms with Crippen LogP contribution >= 0.6 is 0 Å². The largest absolute Gasteiger partial charge is 0.504 e. The Morgan fingerprint density at radius 2 is 2.05 bits per heavy atom. The minimum atomic E-state index is -0.190. The number of aromatic hydroxyl groups is 1. The molecule has 0 bridgehead atoms. The quantitative estimate of drug-likeness (QED) is 0.726. The van der Waals surface area contributed by atoms with Gasteiger partial charge >= 0.3 is 0 Å². The summed E-state index contributed by atoms with van der Waals surface area (Å²) in [6, 6.07) is 12.9. The van der Waals surface area contributed by atoms with E-state index in [1.165, 1.54) is 6.08 Å². The van der Waals surface area contributed by atoms with Gasteiger partial charge in [-0.2, -0.15) is 0 Å². The Morgan fingerprint density at radius 3 is 2.82 bits per heavy atom. The maximum absolute atomic E-state index is 11.8. The number of nitrogens with zero attached hydrogens (tertiary/aromatic N) is 2. The molecule has 0 fully saturated rings. The SMILES string of the molecule is O=C(/C=C/c1ccccc1)NCc1cn2cccc(O)c2n1. The van der Waals surface area contributed by atoms with Crippen molar-refractivity contribution in [3.63, 3.8) is 0 Å². The minimum absolute atomic E-state index is 0.115.